The lowest BCUT2D eigenvalue weighted by Crippen LogP contribution is -1.86. The maximum atomic E-state index is 10.8. The molecule has 0 unspecified atom stereocenters. The lowest BCUT2D eigenvalue weighted by atomic mass is 10.1. The van der Waals surface area contributed by atoms with Crippen molar-refractivity contribution in [2.75, 3.05) is 0 Å². The third-order valence-corrected chi connectivity index (χ3v) is 2.03. The van der Waals surface area contributed by atoms with Crippen molar-refractivity contribution in [3.63, 3.8) is 0 Å². The highest BCUT2D eigenvalue weighted by Gasteiger charge is 2.02. The summed E-state index contributed by atoms with van der Waals surface area (Å²) in [5.41, 5.74) is 1.78. The number of thiol groups is 1. The van der Waals surface area contributed by atoms with Gasteiger partial charge in [-0.05, 0) is 24.5 Å². The smallest absolute Gasteiger partial charge is 0.232 e. The van der Waals surface area contributed by atoms with Crippen LogP contribution < -0.4 is 0 Å². The minimum atomic E-state index is -0.197. The standard InChI is InChI=1S/C9H13NOS/c1-2-3-4-7-5-8(9(11)12)10-6-7/h5-6,10H,2-4H2,1H3,(H,11,12). The van der Waals surface area contributed by atoms with Crippen LogP contribution in [0.2, 0.25) is 0 Å². The van der Waals surface area contributed by atoms with E-state index in [0.29, 0.717) is 5.69 Å². The third-order valence-electron chi connectivity index (χ3n) is 1.79. The van der Waals surface area contributed by atoms with Crippen LogP contribution in [0, 0.1) is 0 Å². The zero-order valence-electron chi connectivity index (χ0n) is 7.13. The van der Waals surface area contributed by atoms with E-state index in [2.05, 4.69) is 24.5 Å². The van der Waals surface area contributed by atoms with Gasteiger partial charge in [0.05, 0.1) is 5.69 Å². The van der Waals surface area contributed by atoms with E-state index in [1.807, 2.05) is 12.3 Å². The van der Waals surface area contributed by atoms with Crippen molar-refractivity contribution >= 4 is 17.7 Å². The number of carbonyl (C=O) groups excluding carboxylic acids is 1. The minimum absolute atomic E-state index is 0.197. The van der Waals surface area contributed by atoms with E-state index in [-0.39, 0.29) is 5.12 Å². The predicted molar refractivity (Wildman–Crippen MR) is 52.7 cm³/mol. The number of rotatable bonds is 4. The quantitative estimate of drug-likeness (QED) is 0.690. The molecule has 66 valence electrons. The molecule has 1 rings (SSSR count). The van der Waals surface area contributed by atoms with Crippen molar-refractivity contribution in [3.8, 4) is 0 Å². The molecule has 0 spiro atoms. The van der Waals surface area contributed by atoms with Gasteiger partial charge in [0.2, 0.25) is 5.12 Å². The summed E-state index contributed by atoms with van der Waals surface area (Å²) < 4.78 is 0. The lowest BCUT2D eigenvalue weighted by molar-refractivity contribution is 0.108. The van der Waals surface area contributed by atoms with E-state index in [0.717, 1.165) is 12.8 Å². The molecule has 0 radical (unpaired) electrons. The second kappa shape index (κ2) is 4.36. The Kier molecular flexibility index (Phi) is 3.41. The van der Waals surface area contributed by atoms with Crippen LogP contribution in [0.15, 0.2) is 12.3 Å². The third kappa shape index (κ3) is 2.41. The largest absolute Gasteiger partial charge is 0.358 e. The van der Waals surface area contributed by atoms with Gasteiger partial charge < -0.3 is 4.98 Å². The molecule has 0 saturated carbocycles. The fourth-order valence-corrected chi connectivity index (χ4v) is 1.22. The molecule has 1 heterocycles. The Morgan fingerprint density at radius 3 is 2.92 bits per heavy atom. The Hall–Kier alpha value is -0.700. The Morgan fingerprint density at radius 1 is 1.67 bits per heavy atom. The first-order valence-corrected chi connectivity index (χ1v) is 4.59. The summed E-state index contributed by atoms with van der Waals surface area (Å²) >= 11 is 3.72. The molecule has 3 heteroatoms. The van der Waals surface area contributed by atoms with Crippen LogP contribution in [0.5, 0.6) is 0 Å². The summed E-state index contributed by atoms with van der Waals surface area (Å²) in [5.74, 6) is 0. The fraction of sp³-hybridized carbons (Fsp3) is 0.444. The summed E-state index contributed by atoms with van der Waals surface area (Å²) in [6.07, 6.45) is 5.25. The molecule has 0 aliphatic rings. The summed E-state index contributed by atoms with van der Waals surface area (Å²) in [4.78, 5) is 13.7. The van der Waals surface area contributed by atoms with Crippen molar-refractivity contribution in [1.29, 1.82) is 0 Å². The second-order valence-corrected chi connectivity index (χ2v) is 3.24. The minimum Gasteiger partial charge on any atom is -0.358 e. The fourth-order valence-electron chi connectivity index (χ4n) is 1.09. The molecule has 2 nitrogen and oxygen atoms in total. The van der Waals surface area contributed by atoms with Crippen molar-refractivity contribution in [1.82, 2.24) is 4.98 Å². The highest BCUT2D eigenvalue weighted by Crippen LogP contribution is 2.08. The number of H-pyrrole nitrogens is 1. The Balaban J connectivity index is 2.58. The van der Waals surface area contributed by atoms with Crippen LogP contribution in [-0.4, -0.2) is 10.1 Å². The highest BCUT2D eigenvalue weighted by molar-refractivity contribution is 7.97. The average molecular weight is 183 g/mol. The van der Waals surface area contributed by atoms with Gasteiger partial charge in [-0.1, -0.05) is 26.0 Å². The number of hydrogen-bond acceptors (Lipinski definition) is 1. The molecular weight excluding hydrogens is 170 g/mol. The Morgan fingerprint density at radius 2 is 2.42 bits per heavy atom. The van der Waals surface area contributed by atoms with E-state index < -0.39 is 0 Å². The van der Waals surface area contributed by atoms with Gasteiger partial charge >= 0.3 is 0 Å². The van der Waals surface area contributed by atoms with Gasteiger partial charge in [-0.2, -0.15) is 0 Å². The van der Waals surface area contributed by atoms with Crippen LogP contribution in [0.4, 0.5) is 0 Å². The predicted octanol–water partition coefficient (Wildman–Crippen LogP) is 2.43. The number of aromatic nitrogens is 1. The van der Waals surface area contributed by atoms with Gasteiger partial charge in [0, 0.05) is 6.20 Å². The van der Waals surface area contributed by atoms with Crippen molar-refractivity contribution in [2.45, 2.75) is 26.2 Å². The number of aryl methyl sites for hydroxylation is 1. The summed E-state index contributed by atoms with van der Waals surface area (Å²) in [6, 6.07) is 1.87. The van der Waals surface area contributed by atoms with E-state index in [4.69, 9.17) is 0 Å². The molecule has 0 aliphatic heterocycles. The molecule has 0 bridgehead atoms. The Labute approximate surface area is 77.8 Å². The molecule has 0 aromatic carbocycles. The van der Waals surface area contributed by atoms with Crippen LogP contribution in [0.25, 0.3) is 0 Å². The van der Waals surface area contributed by atoms with Crippen molar-refractivity contribution in [3.05, 3.63) is 23.5 Å². The molecule has 0 fully saturated rings. The lowest BCUT2D eigenvalue weighted by Gasteiger charge is -1.91. The normalized spacial score (nSPS) is 10.2. The second-order valence-electron chi connectivity index (χ2n) is 2.83. The molecular formula is C9H13NOS. The summed E-state index contributed by atoms with van der Waals surface area (Å²) in [7, 11) is 0. The van der Waals surface area contributed by atoms with Crippen LogP contribution in [0.1, 0.15) is 35.8 Å². The first-order valence-electron chi connectivity index (χ1n) is 4.14. The van der Waals surface area contributed by atoms with Crippen molar-refractivity contribution in [2.24, 2.45) is 0 Å². The number of nitrogens with one attached hydrogen (secondary N) is 1. The maximum absolute atomic E-state index is 10.8. The molecule has 0 atom stereocenters. The van der Waals surface area contributed by atoms with Gasteiger partial charge in [0.1, 0.15) is 0 Å². The molecule has 12 heavy (non-hydrogen) atoms. The molecule has 1 N–H and O–H groups in total. The number of aromatic amines is 1. The van der Waals surface area contributed by atoms with E-state index >= 15 is 0 Å². The molecule has 1 aromatic heterocycles. The van der Waals surface area contributed by atoms with Gasteiger partial charge in [0.25, 0.3) is 0 Å². The van der Waals surface area contributed by atoms with Gasteiger partial charge in [-0.25, -0.2) is 0 Å². The molecule has 0 amide bonds. The van der Waals surface area contributed by atoms with Crippen LogP contribution in [0.3, 0.4) is 0 Å². The summed E-state index contributed by atoms with van der Waals surface area (Å²) in [6.45, 7) is 2.15. The maximum Gasteiger partial charge on any atom is 0.232 e. The number of unbranched alkanes of at least 4 members (excludes halogenated alkanes) is 1. The monoisotopic (exact) mass is 183 g/mol. The number of hydrogen-bond donors (Lipinski definition) is 2. The van der Waals surface area contributed by atoms with E-state index in [1.54, 1.807) is 0 Å². The van der Waals surface area contributed by atoms with E-state index in [9.17, 15) is 4.79 Å². The van der Waals surface area contributed by atoms with Gasteiger partial charge in [-0.15, -0.1) is 0 Å². The first-order chi connectivity index (χ1) is 5.74. The van der Waals surface area contributed by atoms with Crippen LogP contribution in [-0.2, 0) is 6.42 Å². The van der Waals surface area contributed by atoms with Crippen LogP contribution >= 0.6 is 12.6 Å². The Bertz CT molecular complexity index is 267. The van der Waals surface area contributed by atoms with E-state index in [1.165, 1.54) is 12.0 Å². The van der Waals surface area contributed by atoms with Gasteiger partial charge in [-0.3, -0.25) is 4.79 Å². The topological polar surface area (TPSA) is 32.9 Å². The SMILES string of the molecule is CCCCc1c[nH]c(C(=O)S)c1. The number of carbonyl (C=O) groups is 1. The van der Waals surface area contributed by atoms with Gasteiger partial charge in [0.15, 0.2) is 0 Å². The van der Waals surface area contributed by atoms with Crippen molar-refractivity contribution < 1.29 is 4.79 Å². The molecule has 1 aromatic rings. The zero-order chi connectivity index (χ0) is 8.97. The summed E-state index contributed by atoms with van der Waals surface area (Å²) in [5, 5.41) is -0.197. The highest BCUT2D eigenvalue weighted by atomic mass is 32.1. The average Bonchev–Trinajstić information content (AvgIpc) is 2.48. The zero-order valence-corrected chi connectivity index (χ0v) is 8.03. The molecule has 0 aliphatic carbocycles. The first kappa shape index (κ1) is 9.39. The molecule has 0 saturated heterocycles.